The zero-order chi connectivity index (χ0) is 16.9. The number of ether oxygens (including phenoxy) is 2. The van der Waals surface area contributed by atoms with Crippen molar-refractivity contribution in [3.8, 4) is 11.5 Å². The van der Waals surface area contributed by atoms with E-state index < -0.39 is 0 Å². The van der Waals surface area contributed by atoms with Gasteiger partial charge in [-0.05, 0) is 68.0 Å². The van der Waals surface area contributed by atoms with Crippen molar-refractivity contribution in [2.45, 2.75) is 32.1 Å². The van der Waals surface area contributed by atoms with Crippen molar-refractivity contribution in [3.63, 3.8) is 0 Å². The van der Waals surface area contributed by atoms with Crippen LogP contribution in [0.2, 0.25) is 0 Å². The van der Waals surface area contributed by atoms with Crippen LogP contribution in [0.5, 0.6) is 11.5 Å². The Morgan fingerprint density at radius 3 is 2.29 bits per heavy atom. The molecule has 132 valence electrons. The van der Waals surface area contributed by atoms with Crippen LogP contribution >= 0.6 is 0 Å². The standard InChI is InChI=1S/C19H28N2O3/c1-23-17-11-15-6-9-21(10-7-16(15)12-18(17)24-2)19(22)4-3-14-5-8-20-13-14/h11-12,14,20H,3-10,13H2,1-2H3. The van der Waals surface area contributed by atoms with E-state index in [2.05, 4.69) is 17.4 Å². The second-order valence-corrected chi connectivity index (χ2v) is 6.75. The Labute approximate surface area is 144 Å². The minimum absolute atomic E-state index is 0.300. The summed E-state index contributed by atoms with van der Waals surface area (Å²) in [6.07, 6.45) is 4.66. The molecule has 1 aromatic carbocycles. The van der Waals surface area contributed by atoms with Gasteiger partial charge in [0.2, 0.25) is 5.91 Å². The van der Waals surface area contributed by atoms with Gasteiger partial charge in [0.05, 0.1) is 14.2 Å². The van der Waals surface area contributed by atoms with E-state index in [9.17, 15) is 4.79 Å². The Kier molecular flexibility index (Phi) is 5.61. The maximum absolute atomic E-state index is 12.6. The van der Waals surface area contributed by atoms with Gasteiger partial charge in [-0.3, -0.25) is 4.79 Å². The molecule has 1 saturated heterocycles. The lowest BCUT2D eigenvalue weighted by Gasteiger charge is -2.21. The maximum atomic E-state index is 12.6. The summed E-state index contributed by atoms with van der Waals surface area (Å²) in [5.41, 5.74) is 2.53. The van der Waals surface area contributed by atoms with Gasteiger partial charge in [-0.2, -0.15) is 0 Å². The van der Waals surface area contributed by atoms with Gasteiger partial charge in [-0.1, -0.05) is 0 Å². The number of amides is 1. The van der Waals surface area contributed by atoms with Crippen LogP contribution in [0.1, 0.15) is 30.4 Å². The van der Waals surface area contributed by atoms with E-state index >= 15 is 0 Å². The van der Waals surface area contributed by atoms with Crippen LogP contribution in [-0.4, -0.2) is 51.2 Å². The highest BCUT2D eigenvalue weighted by atomic mass is 16.5. The number of methoxy groups -OCH3 is 2. The van der Waals surface area contributed by atoms with Crippen LogP contribution in [0, 0.1) is 5.92 Å². The first-order valence-electron chi connectivity index (χ1n) is 8.93. The van der Waals surface area contributed by atoms with Gasteiger partial charge in [0, 0.05) is 19.5 Å². The zero-order valence-electron chi connectivity index (χ0n) is 14.8. The van der Waals surface area contributed by atoms with Gasteiger partial charge in [-0.25, -0.2) is 0 Å². The highest BCUT2D eigenvalue weighted by Crippen LogP contribution is 2.32. The minimum Gasteiger partial charge on any atom is -0.493 e. The molecule has 24 heavy (non-hydrogen) atoms. The van der Waals surface area contributed by atoms with Gasteiger partial charge < -0.3 is 19.7 Å². The molecular weight excluding hydrogens is 304 g/mol. The number of hydrogen-bond acceptors (Lipinski definition) is 4. The molecule has 0 aliphatic carbocycles. The highest BCUT2D eigenvalue weighted by molar-refractivity contribution is 5.76. The Morgan fingerprint density at radius 1 is 1.17 bits per heavy atom. The van der Waals surface area contributed by atoms with Crippen molar-refractivity contribution in [2.24, 2.45) is 5.92 Å². The van der Waals surface area contributed by atoms with E-state index in [0.717, 1.165) is 56.9 Å². The largest absolute Gasteiger partial charge is 0.493 e. The Bertz CT molecular complexity index is 547. The summed E-state index contributed by atoms with van der Waals surface area (Å²) in [7, 11) is 3.32. The molecule has 1 unspecified atom stereocenters. The first kappa shape index (κ1) is 17.1. The van der Waals surface area contributed by atoms with Gasteiger partial charge in [-0.15, -0.1) is 0 Å². The molecule has 2 heterocycles. The SMILES string of the molecule is COc1cc2c(cc1OC)CCN(C(=O)CCC1CCNC1)CC2. The van der Waals surface area contributed by atoms with Crippen molar-refractivity contribution in [2.75, 3.05) is 40.4 Å². The van der Waals surface area contributed by atoms with E-state index in [-0.39, 0.29) is 0 Å². The molecule has 0 aromatic heterocycles. The third-order valence-corrected chi connectivity index (χ3v) is 5.29. The second kappa shape index (κ2) is 7.88. The van der Waals surface area contributed by atoms with Gasteiger partial charge >= 0.3 is 0 Å². The molecule has 0 bridgehead atoms. The van der Waals surface area contributed by atoms with Crippen LogP contribution < -0.4 is 14.8 Å². The van der Waals surface area contributed by atoms with Crippen molar-refractivity contribution < 1.29 is 14.3 Å². The number of nitrogens with zero attached hydrogens (tertiary/aromatic N) is 1. The number of nitrogens with one attached hydrogen (secondary N) is 1. The van der Waals surface area contributed by atoms with Crippen LogP contribution in [0.4, 0.5) is 0 Å². The lowest BCUT2D eigenvalue weighted by Crippen LogP contribution is -2.33. The molecule has 0 spiro atoms. The summed E-state index contributed by atoms with van der Waals surface area (Å²) >= 11 is 0. The Balaban J connectivity index is 1.61. The molecule has 5 nitrogen and oxygen atoms in total. The molecule has 1 fully saturated rings. The molecule has 0 radical (unpaired) electrons. The highest BCUT2D eigenvalue weighted by Gasteiger charge is 2.22. The molecule has 0 saturated carbocycles. The van der Waals surface area contributed by atoms with E-state index in [1.54, 1.807) is 14.2 Å². The fraction of sp³-hybridized carbons (Fsp3) is 0.632. The summed E-state index contributed by atoms with van der Waals surface area (Å²) in [5.74, 6) is 2.51. The second-order valence-electron chi connectivity index (χ2n) is 6.75. The van der Waals surface area contributed by atoms with Gasteiger partial charge in [0.25, 0.3) is 0 Å². The van der Waals surface area contributed by atoms with Gasteiger partial charge in [0.15, 0.2) is 11.5 Å². The third-order valence-electron chi connectivity index (χ3n) is 5.29. The van der Waals surface area contributed by atoms with Crippen molar-refractivity contribution >= 4 is 5.91 Å². The van der Waals surface area contributed by atoms with Crippen molar-refractivity contribution in [1.82, 2.24) is 10.2 Å². The first-order valence-corrected chi connectivity index (χ1v) is 8.93. The minimum atomic E-state index is 0.300. The normalized spacial score (nSPS) is 20.4. The lowest BCUT2D eigenvalue weighted by molar-refractivity contribution is -0.131. The topological polar surface area (TPSA) is 50.8 Å². The van der Waals surface area contributed by atoms with E-state index in [4.69, 9.17) is 9.47 Å². The average molecular weight is 332 g/mol. The van der Waals surface area contributed by atoms with Crippen LogP contribution in [0.25, 0.3) is 0 Å². The summed E-state index contributed by atoms with van der Waals surface area (Å²) in [6.45, 7) is 3.76. The third kappa shape index (κ3) is 3.83. The van der Waals surface area contributed by atoms with Crippen LogP contribution in [0.3, 0.4) is 0 Å². The summed E-state index contributed by atoms with van der Waals surface area (Å²) < 4.78 is 10.8. The van der Waals surface area contributed by atoms with Crippen molar-refractivity contribution in [1.29, 1.82) is 0 Å². The zero-order valence-corrected chi connectivity index (χ0v) is 14.8. The number of hydrogen-bond donors (Lipinski definition) is 1. The fourth-order valence-electron chi connectivity index (χ4n) is 3.75. The van der Waals surface area contributed by atoms with E-state index in [0.29, 0.717) is 18.2 Å². The molecule has 1 aromatic rings. The van der Waals surface area contributed by atoms with Crippen LogP contribution in [-0.2, 0) is 17.6 Å². The summed E-state index contributed by atoms with van der Waals surface area (Å²) in [5, 5.41) is 3.37. The Hall–Kier alpha value is -1.75. The number of fused-ring (bicyclic) bond motifs is 1. The Morgan fingerprint density at radius 2 is 1.79 bits per heavy atom. The van der Waals surface area contributed by atoms with Gasteiger partial charge in [0.1, 0.15) is 0 Å². The molecule has 5 heteroatoms. The quantitative estimate of drug-likeness (QED) is 0.896. The fourth-order valence-corrected chi connectivity index (χ4v) is 3.75. The number of benzene rings is 1. The van der Waals surface area contributed by atoms with E-state index in [1.807, 2.05) is 4.90 Å². The number of carbonyl (C=O) groups excluding carboxylic acids is 1. The predicted molar refractivity (Wildman–Crippen MR) is 93.7 cm³/mol. The smallest absolute Gasteiger partial charge is 0.222 e. The van der Waals surface area contributed by atoms with E-state index in [1.165, 1.54) is 17.5 Å². The molecule has 2 aliphatic heterocycles. The van der Waals surface area contributed by atoms with Crippen molar-refractivity contribution in [3.05, 3.63) is 23.3 Å². The predicted octanol–water partition coefficient (Wildman–Crippen LogP) is 2.02. The monoisotopic (exact) mass is 332 g/mol. The molecule has 1 amide bonds. The van der Waals surface area contributed by atoms with Crippen LogP contribution in [0.15, 0.2) is 12.1 Å². The lowest BCUT2D eigenvalue weighted by atomic mass is 10.0. The molecule has 2 aliphatic rings. The molecule has 3 rings (SSSR count). The molecule has 1 N–H and O–H groups in total. The maximum Gasteiger partial charge on any atom is 0.222 e. The molecule has 1 atom stereocenters. The molecular formula is C19H28N2O3. The number of rotatable bonds is 5. The number of carbonyl (C=O) groups is 1. The summed E-state index contributed by atoms with van der Waals surface area (Å²) in [6, 6.07) is 4.12. The summed E-state index contributed by atoms with van der Waals surface area (Å²) in [4.78, 5) is 14.6. The average Bonchev–Trinajstić information content (AvgIpc) is 3.04. The first-order chi connectivity index (χ1) is 11.7.